The molecule has 0 aliphatic carbocycles. The van der Waals surface area contributed by atoms with Crippen molar-refractivity contribution < 1.29 is 5.11 Å². The fraction of sp³-hybridized carbons (Fsp3) is 0.500. The molecule has 0 spiro atoms. The van der Waals surface area contributed by atoms with E-state index in [0.717, 1.165) is 5.17 Å². The summed E-state index contributed by atoms with van der Waals surface area (Å²) >= 11 is 1.49. The first-order chi connectivity index (χ1) is 5.70. The largest absolute Gasteiger partial charge is 0.395 e. The smallest absolute Gasteiger partial charge is 0.186 e. The lowest BCUT2D eigenvalue weighted by Crippen LogP contribution is -2.19. The average molecular weight is 184 g/mol. The Morgan fingerprint density at radius 3 is 3.00 bits per heavy atom. The van der Waals surface area contributed by atoms with Gasteiger partial charge in [0.25, 0.3) is 0 Å². The number of aliphatic imine (C=N–C) groups is 2. The highest BCUT2D eigenvalue weighted by atomic mass is 32.2. The van der Waals surface area contributed by atoms with Crippen molar-refractivity contribution in [3.05, 3.63) is 12.3 Å². The Labute approximate surface area is 76.3 Å². The van der Waals surface area contributed by atoms with E-state index in [1.165, 1.54) is 11.8 Å². The van der Waals surface area contributed by atoms with E-state index in [1.54, 1.807) is 12.4 Å². The lowest BCUT2D eigenvalue weighted by Gasteiger charge is -2.14. The van der Waals surface area contributed by atoms with Crippen LogP contribution in [0.2, 0.25) is 0 Å². The molecule has 1 atom stereocenters. The maximum absolute atomic E-state index is 9.03. The van der Waals surface area contributed by atoms with Crippen LogP contribution in [0.3, 0.4) is 0 Å². The van der Waals surface area contributed by atoms with Gasteiger partial charge < -0.3 is 5.11 Å². The van der Waals surface area contributed by atoms with Gasteiger partial charge in [-0.15, -0.1) is 0 Å². The molecule has 66 valence electrons. The number of amidine groups is 1. The summed E-state index contributed by atoms with van der Waals surface area (Å²) in [5.74, 6) is 0. The van der Waals surface area contributed by atoms with Crippen LogP contribution in [-0.2, 0) is 0 Å². The van der Waals surface area contributed by atoms with Gasteiger partial charge in [0.15, 0.2) is 5.17 Å². The molecular weight excluding hydrogens is 172 g/mol. The minimum atomic E-state index is -0.360. The molecule has 3 nitrogen and oxygen atoms in total. The van der Waals surface area contributed by atoms with Gasteiger partial charge in [0.2, 0.25) is 0 Å². The predicted octanol–water partition coefficient (Wildman–Crippen LogP) is 1.30. The second-order valence-corrected chi connectivity index (χ2v) is 3.63. The summed E-state index contributed by atoms with van der Waals surface area (Å²) in [6.07, 6.45) is 7.19. The van der Waals surface area contributed by atoms with Crippen molar-refractivity contribution in [2.45, 2.75) is 6.92 Å². The van der Waals surface area contributed by atoms with Crippen LogP contribution in [0.15, 0.2) is 22.3 Å². The molecule has 4 heteroatoms. The van der Waals surface area contributed by atoms with Gasteiger partial charge >= 0.3 is 0 Å². The molecule has 1 aliphatic rings. The van der Waals surface area contributed by atoms with Gasteiger partial charge in [0.05, 0.1) is 6.61 Å². The second kappa shape index (κ2) is 3.87. The standard InChI is InChI=1S/C8H12N2OS/c1-8(6-11)3-4-9-7(12-2)10-5-8/h3-5,11H,6H2,1-2H3. The van der Waals surface area contributed by atoms with Crippen LogP contribution in [0.4, 0.5) is 0 Å². The van der Waals surface area contributed by atoms with Crippen molar-refractivity contribution in [1.29, 1.82) is 0 Å². The number of aliphatic hydroxyl groups is 1. The van der Waals surface area contributed by atoms with Crippen LogP contribution in [0.25, 0.3) is 0 Å². The van der Waals surface area contributed by atoms with Gasteiger partial charge in [0.1, 0.15) is 0 Å². The first kappa shape index (κ1) is 9.48. The maximum Gasteiger partial charge on any atom is 0.186 e. The SMILES string of the molecule is CSC1=NC=CC(C)(CO)C=N1. The van der Waals surface area contributed by atoms with Crippen LogP contribution >= 0.6 is 11.8 Å². The predicted molar refractivity (Wildman–Crippen MR) is 53.8 cm³/mol. The topological polar surface area (TPSA) is 45.0 Å². The zero-order valence-electron chi connectivity index (χ0n) is 7.19. The molecule has 0 aromatic heterocycles. The third-order valence-corrected chi connectivity index (χ3v) is 2.21. The minimum Gasteiger partial charge on any atom is -0.395 e. The molecule has 1 aliphatic heterocycles. The molecule has 12 heavy (non-hydrogen) atoms. The average Bonchev–Trinajstić information content (AvgIpc) is 2.28. The summed E-state index contributed by atoms with van der Waals surface area (Å²) in [4.78, 5) is 8.21. The monoisotopic (exact) mass is 184 g/mol. The first-order valence-electron chi connectivity index (χ1n) is 3.66. The molecule has 0 saturated carbocycles. The zero-order chi connectivity index (χ0) is 9.03. The summed E-state index contributed by atoms with van der Waals surface area (Å²) in [5, 5.41) is 9.76. The van der Waals surface area contributed by atoms with E-state index in [2.05, 4.69) is 9.98 Å². The van der Waals surface area contributed by atoms with Gasteiger partial charge in [0, 0.05) is 17.8 Å². The van der Waals surface area contributed by atoms with Gasteiger partial charge in [-0.2, -0.15) is 0 Å². The number of thioether (sulfide) groups is 1. The molecule has 1 N–H and O–H groups in total. The van der Waals surface area contributed by atoms with E-state index < -0.39 is 0 Å². The van der Waals surface area contributed by atoms with Crippen LogP contribution in [0, 0.1) is 5.41 Å². The van der Waals surface area contributed by atoms with Crippen molar-refractivity contribution in [3.63, 3.8) is 0 Å². The summed E-state index contributed by atoms with van der Waals surface area (Å²) in [6.45, 7) is 1.97. The Kier molecular flexibility index (Phi) is 3.05. The Bertz CT molecular complexity index is 247. The van der Waals surface area contributed by atoms with Crippen molar-refractivity contribution >= 4 is 23.1 Å². The highest BCUT2D eigenvalue weighted by Crippen LogP contribution is 2.17. The van der Waals surface area contributed by atoms with Crippen molar-refractivity contribution in [2.24, 2.45) is 15.4 Å². The second-order valence-electron chi connectivity index (χ2n) is 2.85. The molecule has 0 radical (unpaired) electrons. The highest BCUT2D eigenvalue weighted by molar-refractivity contribution is 8.13. The Balaban J connectivity index is 2.82. The lowest BCUT2D eigenvalue weighted by atomic mass is 9.94. The van der Waals surface area contributed by atoms with Crippen LogP contribution in [-0.4, -0.2) is 29.4 Å². The fourth-order valence-corrected chi connectivity index (χ4v) is 1.07. The van der Waals surface area contributed by atoms with E-state index in [4.69, 9.17) is 5.11 Å². The number of rotatable bonds is 1. The molecular formula is C8H12N2OS. The lowest BCUT2D eigenvalue weighted by molar-refractivity contribution is 0.235. The highest BCUT2D eigenvalue weighted by Gasteiger charge is 2.18. The van der Waals surface area contributed by atoms with E-state index in [1.807, 2.05) is 19.3 Å². The minimum absolute atomic E-state index is 0.0597. The van der Waals surface area contributed by atoms with E-state index in [9.17, 15) is 0 Å². The molecule has 1 rings (SSSR count). The maximum atomic E-state index is 9.03. The molecule has 1 heterocycles. The zero-order valence-corrected chi connectivity index (χ0v) is 8.01. The first-order valence-corrected chi connectivity index (χ1v) is 4.88. The van der Waals surface area contributed by atoms with Crippen molar-refractivity contribution in [3.8, 4) is 0 Å². The van der Waals surface area contributed by atoms with E-state index in [0.29, 0.717) is 0 Å². The van der Waals surface area contributed by atoms with Crippen LogP contribution in [0.5, 0.6) is 0 Å². The number of hydrogen-bond acceptors (Lipinski definition) is 4. The molecule has 0 aromatic carbocycles. The molecule has 0 fully saturated rings. The van der Waals surface area contributed by atoms with Gasteiger partial charge in [-0.1, -0.05) is 17.8 Å². The molecule has 0 saturated heterocycles. The van der Waals surface area contributed by atoms with Crippen LogP contribution < -0.4 is 0 Å². The molecule has 0 bridgehead atoms. The number of aliphatic hydroxyl groups excluding tert-OH is 1. The Morgan fingerprint density at radius 1 is 1.67 bits per heavy atom. The number of hydrogen-bond donors (Lipinski definition) is 1. The summed E-state index contributed by atoms with van der Waals surface area (Å²) in [6, 6.07) is 0. The molecule has 0 amide bonds. The summed E-state index contributed by atoms with van der Waals surface area (Å²) in [7, 11) is 0. The van der Waals surface area contributed by atoms with Gasteiger partial charge in [-0.3, -0.25) is 0 Å². The Hall–Kier alpha value is -0.610. The third kappa shape index (κ3) is 2.19. The molecule has 1 unspecified atom stereocenters. The van der Waals surface area contributed by atoms with E-state index >= 15 is 0 Å². The summed E-state index contributed by atoms with van der Waals surface area (Å²) in [5.41, 5.74) is -0.360. The summed E-state index contributed by atoms with van der Waals surface area (Å²) < 4.78 is 0. The normalized spacial score (nSPS) is 28.4. The Morgan fingerprint density at radius 2 is 2.42 bits per heavy atom. The van der Waals surface area contributed by atoms with Crippen molar-refractivity contribution in [1.82, 2.24) is 0 Å². The van der Waals surface area contributed by atoms with Gasteiger partial charge in [-0.25, -0.2) is 9.98 Å². The van der Waals surface area contributed by atoms with Crippen LogP contribution in [0.1, 0.15) is 6.92 Å². The fourth-order valence-electron chi connectivity index (χ4n) is 0.749. The third-order valence-electron chi connectivity index (χ3n) is 1.63. The number of nitrogens with zero attached hydrogens (tertiary/aromatic N) is 2. The molecule has 0 aromatic rings. The quantitative estimate of drug-likeness (QED) is 0.667. The van der Waals surface area contributed by atoms with Crippen molar-refractivity contribution in [2.75, 3.05) is 12.9 Å². The van der Waals surface area contributed by atoms with Gasteiger partial charge in [-0.05, 0) is 13.2 Å². The van der Waals surface area contributed by atoms with E-state index in [-0.39, 0.29) is 12.0 Å².